The molecule has 0 atom stereocenters. The van der Waals surface area contributed by atoms with Gasteiger partial charge in [0.25, 0.3) is 5.69 Å². The molecular formula is C10H7N4O3S-. The molecule has 92 valence electrons. The molecule has 1 aromatic carbocycles. The molecule has 0 radical (unpaired) electrons. The fourth-order valence-electron chi connectivity index (χ4n) is 1.20. The van der Waals surface area contributed by atoms with Gasteiger partial charge in [0.15, 0.2) is 0 Å². The number of nitro benzene ring substituents is 1. The maximum absolute atomic E-state index is 11.2. The quantitative estimate of drug-likeness (QED) is 0.512. The molecule has 1 heterocycles. The second-order valence-corrected chi connectivity index (χ2v) is 4.09. The van der Waals surface area contributed by atoms with Gasteiger partial charge >= 0.3 is 0 Å². The molecule has 2 rings (SSSR count). The molecule has 7 nitrogen and oxygen atoms in total. The van der Waals surface area contributed by atoms with E-state index >= 15 is 0 Å². The van der Waals surface area contributed by atoms with Crippen molar-refractivity contribution in [1.29, 1.82) is 0 Å². The van der Waals surface area contributed by atoms with Crippen LogP contribution in [0.25, 0.3) is 0 Å². The first-order valence-corrected chi connectivity index (χ1v) is 5.69. The first kappa shape index (κ1) is 12.0. The Labute approximate surface area is 106 Å². The van der Waals surface area contributed by atoms with Crippen molar-refractivity contribution in [3.05, 3.63) is 45.5 Å². The molecule has 1 aromatic heterocycles. The molecule has 8 heteroatoms. The van der Waals surface area contributed by atoms with Gasteiger partial charge in [0.2, 0.25) is 5.13 Å². The highest BCUT2D eigenvalue weighted by atomic mass is 32.1. The normalized spacial score (nSPS) is 10.7. The minimum absolute atomic E-state index is 0.463. The van der Waals surface area contributed by atoms with Gasteiger partial charge in [-0.3, -0.25) is 15.5 Å². The molecule has 0 aliphatic rings. The lowest BCUT2D eigenvalue weighted by molar-refractivity contribution is -0.398. The number of nitrogens with zero attached hydrogens (tertiary/aromatic N) is 3. The molecular weight excluding hydrogens is 256 g/mol. The van der Waals surface area contributed by atoms with E-state index in [2.05, 4.69) is 15.5 Å². The number of anilines is 1. The smallest absolute Gasteiger partial charge is 0.262 e. The van der Waals surface area contributed by atoms with Crippen molar-refractivity contribution >= 4 is 28.4 Å². The molecule has 0 fully saturated rings. The highest BCUT2D eigenvalue weighted by molar-refractivity contribution is 7.13. The van der Waals surface area contributed by atoms with Gasteiger partial charge in [0.05, 0.1) is 11.1 Å². The van der Waals surface area contributed by atoms with Crippen molar-refractivity contribution in [3.63, 3.8) is 0 Å². The summed E-state index contributed by atoms with van der Waals surface area (Å²) in [5.74, 6) is -0.620. The minimum atomic E-state index is -0.714. The Morgan fingerprint density at radius 3 is 3.00 bits per heavy atom. The van der Waals surface area contributed by atoms with E-state index in [1.807, 2.05) is 0 Å². The summed E-state index contributed by atoms with van der Waals surface area (Å²) >= 11 is 1.37. The van der Waals surface area contributed by atoms with Crippen molar-refractivity contribution in [2.75, 3.05) is 5.43 Å². The number of nitro groups is 1. The summed E-state index contributed by atoms with van der Waals surface area (Å²) in [6.07, 6.45) is 3.01. The van der Waals surface area contributed by atoms with Gasteiger partial charge in [0, 0.05) is 23.2 Å². The van der Waals surface area contributed by atoms with Crippen molar-refractivity contribution in [3.8, 4) is 5.75 Å². The molecule has 18 heavy (non-hydrogen) atoms. The average molecular weight is 263 g/mol. The van der Waals surface area contributed by atoms with E-state index in [0.717, 1.165) is 6.07 Å². The maximum atomic E-state index is 11.2. The third-order valence-electron chi connectivity index (χ3n) is 1.99. The third kappa shape index (κ3) is 2.80. The van der Waals surface area contributed by atoms with E-state index in [1.54, 1.807) is 11.6 Å². The predicted octanol–water partition coefficient (Wildman–Crippen LogP) is 1.57. The number of hydrogen-bond acceptors (Lipinski definition) is 7. The number of rotatable bonds is 4. The van der Waals surface area contributed by atoms with E-state index in [1.165, 1.54) is 29.7 Å². The minimum Gasteiger partial charge on any atom is -0.868 e. The van der Waals surface area contributed by atoms with Crippen LogP contribution >= 0.6 is 11.3 Å². The summed E-state index contributed by atoms with van der Waals surface area (Å²) in [6.45, 7) is 0. The Kier molecular flexibility index (Phi) is 3.49. The van der Waals surface area contributed by atoms with Crippen LogP contribution in [0.4, 0.5) is 10.8 Å². The molecule has 1 N–H and O–H groups in total. The van der Waals surface area contributed by atoms with Crippen LogP contribution in [0.2, 0.25) is 0 Å². The van der Waals surface area contributed by atoms with Crippen molar-refractivity contribution in [1.82, 2.24) is 4.98 Å². The summed E-state index contributed by atoms with van der Waals surface area (Å²) in [7, 11) is 0. The fourth-order valence-corrected chi connectivity index (χ4v) is 1.68. The van der Waals surface area contributed by atoms with Crippen LogP contribution in [-0.2, 0) is 0 Å². The van der Waals surface area contributed by atoms with Gasteiger partial charge < -0.3 is 5.11 Å². The Balaban J connectivity index is 2.12. The van der Waals surface area contributed by atoms with Crippen molar-refractivity contribution in [2.24, 2.45) is 5.10 Å². The largest absolute Gasteiger partial charge is 0.868 e. The second kappa shape index (κ2) is 5.23. The lowest BCUT2D eigenvalue weighted by Gasteiger charge is -2.05. The lowest BCUT2D eigenvalue weighted by Crippen LogP contribution is -1.99. The molecule has 0 saturated carbocycles. The lowest BCUT2D eigenvalue weighted by atomic mass is 10.2. The molecule has 0 aliphatic carbocycles. The van der Waals surface area contributed by atoms with Gasteiger partial charge in [-0.1, -0.05) is 12.1 Å². The molecule has 0 aliphatic heterocycles. The maximum Gasteiger partial charge on any atom is 0.262 e. The number of hydrazone groups is 1. The molecule has 0 bridgehead atoms. The van der Waals surface area contributed by atoms with E-state index < -0.39 is 16.4 Å². The zero-order valence-electron chi connectivity index (χ0n) is 8.94. The molecule has 0 unspecified atom stereocenters. The Bertz CT molecular complexity index is 583. The highest BCUT2D eigenvalue weighted by Gasteiger charge is 2.06. The first-order valence-electron chi connectivity index (χ1n) is 4.81. The van der Waals surface area contributed by atoms with Crippen LogP contribution in [-0.4, -0.2) is 16.1 Å². The molecule has 0 amide bonds. The van der Waals surface area contributed by atoms with Gasteiger partial charge in [-0.15, -0.1) is 11.3 Å². The van der Waals surface area contributed by atoms with E-state index in [9.17, 15) is 15.2 Å². The number of nitrogens with one attached hydrogen (secondary N) is 1. The van der Waals surface area contributed by atoms with Gasteiger partial charge in [-0.05, 0) is 5.75 Å². The Morgan fingerprint density at radius 2 is 2.33 bits per heavy atom. The second-order valence-electron chi connectivity index (χ2n) is 3.19. The summed E-state index contributed by atoms with van der Waals surface area (Å²) in [5.41, 5.74) is 2.66. The zero-order chi connectivity index (χ0) is 13.0. The standard InChI is InChI=1S/C10H8N4O3S/c15-9-2-1-7(5-8(9)14(16)17)6-12-13-10-11-3-4-18-10/h1-6,15H,(H,11,13)/p-1. The fraction of sp³-hybridized carbons (Fsp3) is 0. The Morgan fingerprint density at radius 1 is 1.50 bits per heavy atom. The SMILES string of the molecule is O=[N+]([O-])c1cc(C=NNc2nccs2)ccc1[O-]. The summed E-state index contributed by atoms with van der Waals surface area (Å²) < 4.78 is 0. The van der Waals surface area contributed by atoms with E-state index in [0.29, 0.717) is 10.7 Å². The van der Waals surface area contributed by atoms with Crippen LogP contribution in [0.5, 0.6) is 5.75 Å². The summed E-state index contributed by atoms with van der Waals surface area (Å²) in [5, 5.41) is 28.0. The average Bonchev–Trinajstić information content (AvgIpc) is 2.84. The zero-order valence-corrected chi connectivity index (χ0v) is 9.76. The van der Waals surface area contributed by atoms with E-state index in [-0.39, 0.29) is 0 Å². The van der Waals surface area contributed by atoms with Gasteiger partial charge in [0.1, 0.15) is 0 Å². The van der Waals surface area contributed by atoms with Gasteiger partial charge in [-0.25, -0.2) is 4.98 Å². The number of aromatic nitrogens is 1. The summed E-state index contributed by atoms with van der Waals surface area (Å²) in [4.78, 5) is 13.8. The third-order valence-corrected chi connectivity index (χ3v) is 2.66. The van der Waals surface area contributed by atoms with Crippen LogP contribution in [0, 0.1) is 10.1 Å². The number of thiazole rings is 1. The Hall–Kier alpha value is -2.48. The molecule has 2 aromatic rings. The summed E-state index contributed by atoms with van der Waals surface area (Å²) in [6, 6.07) is 3.78. The number of benzene rings is 1. The molecule has 0 saturated heterocycles. The van der Waals surface area contributed by atoms with Crippen LogP contribution in [0.3, 0.4) is 0 Å². The molecule has 0 spiro atoms. The van der Waals surface area contributed by atoms with Crippen LogP contribution in [0.15, 0.2) is 34.9 Å². The van der Waals surface area contributed by atoms with Crippen LogP contribution in [0.1, 0.15) is 5.56 Å². The predicted molar refractivity (Wildman–Crippen MR) is 65.9 cm³/mol. The number of hydrogen-bond donors (Lipinski definition) is 1. The monoisotopic (exact) mass is 263 g/mol. The van der Waals surface area contributed by atoms with Crippen LogP contribution < -0.4 is 10.5 Å². The van der Waals surface area contributed by atoms with Crippen molar-refractivity contribution < 1.29 is 10.0 Å². The topological polar surface area (TPSA) is 103 Å². The van der Waals surface area contributed by atoms with Gasteiger partial charge in [-0.2, -0.15) is 5.10 Å². The highest BCUT2D eigenvalue weighted by Crippen LogP contribution is 2.22. The van der Waals surface area contributed by atoms with Crippen molar-refractivity contribution in [2.45, 2.75) is 0 Å². The van der Waals surface area contributed by atoms with E-state index in [4.69, 9.17) is 0 Å². The first-order chi connectivity index (χ1) is 8.66.